The maximum atomic E-state index is 10.7. The highest BCUT2D eigenvalue weighted by molar-refractivity contribution is 5.85. The zero-order valence-electron chi connectivity index (χ0n) is 6.64. The van der Waals surface area contributed by atoms with Crippen molar-refractivity contribution in [2.75, 3.05) is 0 Å². The van der Waals surface area contributed by atoms with Gasteiger partial charge in [0, 0.05) is 25.7 Å². The van der Waals surface area contributed by atoms with Crippen LogP contribution in [0.25, 0.3) is 0 Å². The van der Waals surface area contributed by atoms with Gasteiger partial charge in [-0.2, -0.15) is 0 Å². The molecule has 58 valence electrons. The van der Waals surface area contributed by atoms with Crippen molar-refractivity contribution in [1.82, 2.24) is 0 Å². The summed E-state index contributed by atoms with van der Waals surface area (Å²) in [6, 6.07) is 0. The Morgan fingerprint density at radius 2 is 1.20 bits per heavy atom. The van der Waals surface area contributed by atoms with Crippen molar-refractivity contribution in [3.8, 4) is 0 Å². The quantitative estimate of drug-likeness (QED) is 0.585. The summed E-state index contributed by atoms with van der Waals surface area (Å²) in [7, 11) is 0. The zero-order valence-corrected chi connectivity index (χ0v) is 6.64. The van der Waals surface area contributed by atoms with E-state index < -0.39 is 0 Å². The topological polar surface area (TPSA) is 34.1 Å². The van der Waals surface area contributed by atoms with E-state index in [-0.39, 0.29) is 11.6 Å². The van der Waals surface area contributed by atoms with Gasteiger partial charge in [-0.05, 0) is 0 Å². The Labute approximate surface area is 61.6 Å². The van der Waals surface area contributed by atoms with Crippen LogP contribution < -0.4 is 0 Å². The number of hydrogen-bond acceptors (Lipinski definition) is 2. The van der Waals surface area contributed by atoms with E-state index in [0.717, 1.165) is 0 Å². The molecule has 0 saturated heterocycles. The lowest BCUT2D eigenvalue weighted by molar-refractivity contribution is -0.123. The molecule has 0 heterocycles. The van der Waals surface area contributed by atoms with Gasteiger partial charge in [-0.1, -0.05) is 13.8 Å². The lowest BCUT2D eigenvalue weighted by atomic mass is 10.1. The van der Waals surface area contributed by atoms with Crippen LogP contribution in [0.3, 0.4) is 0 Å². The molecule has 0 rings (SSSR count). The van der Waals surface area contributed by atoms with Gasteiger partial charge in [-0.15, -0.1) is 0 Å². The third-order valence-corrected chi connectivity index (χ3v) is 1.47. The monoisotopic (exact) mass is 142 g/mol. The van der Waals surface area contributed by atoms with Crippen LogP contribution in [0.2, 0.25) is 0 Å². The van der Waals surface area contributed by atoms with Gasteiger partial charge < -0.3 is 0 Å². The first-order valence-electron chi connectivity index (χ1n) is 3.74. The van der Waals surface area contributed by atoms with Crippen molar-refractivity contribution in [3.63, 3.8) is 0 Å². The third-order valence-electron chi connectivity index (χ3n) is 1.47. The van der Waals surface area contributed by atoms with Crippen LogP contribution in [0, 0.1) is 0 Å². The summed E-state index contributed by atoms with van der Waals surface area (Å²) >= 11 is 0. The molecule has 0 fully saturated rings. The summed E-state index contributed by atoms with van der Waals surface area (Å²) < 4.78 is 0. The highest BCUT2D eigenvalue weighted by atomic mass is 16.1. The molecular formula is C8H14O2. The van der Waals surface area contributed by atoms with Gasteiger partial charge in [-0.3, -0.25) is 9.59 Å². The van der Waals surface area contributed by atoms with Gasteiger partial charge >= 0.3 is 0 Å². The van der Waals surface area contributed by atoms with Crippen molar-refractivity contribution in [3.05, 3.63) is 0 Å². The number of carbonyl (C=O) groups is 2. The van der Waals surface area contributed by atoms with Gasteiger partial charge in [0.1, 0.15) is 11.6 Å². The SMILES string of the molecule is CCC(=O)CCC(=O)CC. The minimum absolute atomic E-state index is 0.182. The van der Waals surface area contributed by atoms with Crippen molar-refractivity contribution < 1.29 is 9.59 Å². The average molecular weight is 142 g/mol. The predicted octanol–water partition coefficient (Wildman–Crippen LogP) is 1.72. The van der Waals surface area contributed by atoms with E-state index in [1.54, 1.807) is 0 Å². The standard InChI is InChI=1S/C8H14O2/c1-3-7(9)5-6-8(10)4-2/h3-6H2,1-2H3. The van der Waals surface area contributed by atoms with Gasteiger partial charge in [0.05, 0.1) is 0 Å². The number of carbonyl (C=O) groups excluding carboxylic acids is 2. The van der Waals surface area contributed by atoms with E-state index in [0.29, 0.717) is 25.7 Å². The molecule has 0 amide bonds. The fourth-order valence-electron chi connectivity index (χ4n) is 0.632. The van der Waals surface area contributed by atoms with Crippen molar-refractivity contribution >= 4 is 11.6 Å². The van der Waals surface area contributed by atoms with Crippen molar-refractivity contribution in [1.29, 1.82) is 0 Å². The van der Waals surface area contributed by atoms with Crippen LogP contribution in [0.5, 0.6) is 0 Å². The van der Waals surface area contributed by atoms with E-state index in [4.69, 9.17) is 0 Å². The van der Waals surface area contributed by atoms with Crippen molar-refractivity contribution in [2.45, 2.75) is 39.5 Å². The lowest BCUT2D eigenvalue weighted by Crippen LogP contribution is -2.01. The second kappa shape index (κ2) is 5.15. The fourth-order valence-corrected chi connectivity index (χ4v) is 0.632. The first-order chi connectivity index (χ1) is 4.70. The lowest BCUT2D eigenvalue weighted by Gasteiger charge is -1.94. The molecule has 0 aromatic rings. The zero-order chi connectivity index (χ0) is 7.98. The summed E-state index contributed by atoms with van der Waals surface area (Å²) in [6.07, 6.45) is 1.97. The summed E-state index contributed by atoms with van der Waals surface area (Å²) in [5.74, 6) is 0.364. The highest BCUT2D eigenvalue weighted by Crippen LogP contribution is 1.97. The van der Waals surface area contributed by atoms with Crippen LogP contribution in [-0.2, 0) is 9.59 Å². The number of ketones is 2. The molecule has 0 N–H and O–H groups in total. The number of hydrogen-bond donors (Lipinski definition) is 0. The molecule has 0 unspecified atom stereocenters. The fraction of sp³-hybridized carbons (Fsp3) is 0.750. The molecule has 0 aliphatic carbocycles. The molecule has 0 bridgehead atoms. The maximum Gasteiger partial charge on any atom is 0.133 e. The van der Waals surface area contributed by atoms with Gasteiger partial charge in [0.15, 0.2) is 0 Å². The Bertz CT molecular complexity index is 111. The Morgan fingerprint density at radius 3 is 1.40 bits per heavy atom. The molecule has 0 saturated carbocycles. The Morgan fingerprint density at radius 1 is 0.900 bits per heavy atom. The van der Waals surface area contributed by atoms with E-state index >= 15 is 0 Å². The molecule has 10 heavy (non-hydrogen) atoms. The van der Waals surface area contributed by atoms with E-state index in [9.17, 15) is 9.59 Å². The van der Waals surface area contributed by atoms with E-state index in [1.807, 2.05) is 13.8 Å². The normalized spacial score (nSPS) is 9.40. The van der Waals surface area contributed by atoms with Crippen LogP contribution in [-0.4, -0.2) is 11.6 Å². The first kappa shape index (κ1) is 9.34. The smallest absolute Gasteiger partial charge is 0.133 e. The average Bonchev–Trinajstić information content (AvgIpc) is 1.99. The molecule has 0 aliphatic heterocycles. The van der Waals surface area contributed by atoms with Crippen LogP contribution in [0.4, 0.5) is 0 Å². The molecule has 0 aromatic heterocycles. The van der Waals surface area contributed by atoms with Gasteiger partial charge in [-0.25, -0.2) is 0 Å². The molecule has 2 heteroatoms. The summed E-state index contributed by atoms with van der Waals surface area (Å²) in [6.45, 7) is 3.64. The minimum Gasteiger partial charge on any atom is -0.300 e. The summed E-state index contributed by atoms with van der Waals surface area (Å²) in [5, 5.41) is 0. The van der Waals surface area contributed by atoms with Crippen molar-refractivity contribution in [2.24, 2.45) is 0 Å². The first-order valence-corrected chi connectivity index (χ1v) is 3.74. The highest BCUT2D eigenvalue weighted by Gasteiger charge is 2.01. The Balaban J connectivity index is 3.35. The molecule has 0 aliphatic rings. The molecule has 2 nitrogen and oxygen atoms in total. The van der Waals surface area contributed by atoms with E-state index in [1.165, 1.54) is 0 Å². The van der Waals surface area contributed by atoms with Crippen LogP contribution in [0.1, 0.15) is 39.5 Å². The second-order valence-corrected chi connectivity index (χ2v) is 2.28. The molecule has 0 spiro atoms. The third kappa shape index (κ3) is 4.24. The van der Waals surface area contributed by atoms with Crippen LogP contribution in [0.15, 0.2) is 0 Å². The molecule has 0 atom stereocenters. The second-order valence-electron chi connectivity index (χ2n) is 2.28. The molecular weight excluding hydrogens is 128 g/mol. The predicted molar refractivity (Wildman–Crippen MR) is 39.8 cm³/mol. The molecule has 0 aromatic carbocycles. The molecule has 0 radical (unpaired) electrons. The number of rotatable bonds is 5. The van der Waals surface area contributed by atoms with Gasteiger partial charge in [0.25, 0.3) is 0 Å². The Hall–Kier alpha value is -0.660. The Kier molecular flexibility index (Phi) is 4.81. The van der Waals surface area contributed by atoms with Gasteiger partial charge in [0.2, 0.25) is 0 Å². The minimum atomic E-state index is 0.182. The maximum absolute atomic E-state index is 10.7. The summed E-state index contributed by atoms with van der Waals surface area (Å²) in [4.78, 5) is 21.4. The number of Topliss-reactive ketones (excluding diaryl/α,β-unsaturated/α-hetero) is 2. The summed E-state index contributed by atoms with van der Waals surface area (Å²) in [5.41, 5.74) is 0. The van der Waals surface area contributed by atoms with E-state index in [2.05, 4.69) is 0 Å². The largest absolute Gasteiger partial charge is 0.300 e. The van der Waals surface area contributed by atoms with Crippen LogP contribution >= 0.6 is 0 Å².